The van der Waals surface area contributed by atoms with Crippen LogP contribution in [-0.2, 0) is 17.6 Å². The van der Waals surface area contributed by atoms with Crippen LogP contribution in [0.15, 0.2) is 40.5 Å². The number of carbonyl (C=O) groups is 1. The average Bonchev–Trinajstić information content (AvgIpc) is 3.11. The molecule has 2 atom stereocenters. The van der Waals surface area contributed by atoms with Crippen LogP contribution in [0.1, 0.15) is 42.3 Å². The van der Waals surface area contributed by atoms with E-state index < -0.39 is 6.04 Å². The molecule has 0 fully saturated rings. The Bertz CT molecular complexity index is 1180. The van der Waals surface area contributed by atoms with Crippen molar-refractivity contribution in [3.8, 4) is 5.75 Å². The molecule has 7 nitrogen and oxygen atoms in total. The van der Waals surface area contributed by atoms with Gasteiger partial charge in [-0.05, 0) is 55.4 Å². The molecule has 1 aliphatic carbocycles. The fraction of sp³-hybridized carbons (Fsp3) is 0.364. The highest BCUT2D eigenvalue weighted by molar-refractivity contribution is 7.18. The lowest BCUT2D eigenvalue weighted by Gasteiger charge is -2.18. The second kappa shape index (κ2) is 8.39. The minimum absolute atomic E-state index is 0.161. The van der Waals surface area contributed by atoms with Gasteiger partial charge in [0.05, 0.1) is 25.0 Å². The Labute approximate surface area is 178 Å². The van der Waals surface area contributed by atoms with Crippen molar-refractivity contribution in [3.05, 3.63) is 57.0 Å². The average molecular weight is 425 g/mol. The Kier molecular flexibility index (Phi) is 5.67. The Morgan fingerprint density at radius 1 is 1.47 bits per heavy atom. The number of ether oxygens (including phenoxy) is 1. The van der Waals surface area contributed by atoms with Crippen LogP contribution in [0, 0.1) is 5.92 Å². The summed E-state index contributed by atoms with van der Waals surface area (Å²) in [7, 11) is 1.59. The van der Waals surface area contributed by atoms with Gasteiger partial charge >= 0.3 is 0 Å². The van der Waals surface area contributed by atoms with E-state index in [1.807, 2.05) is 24.3 Å². The molecule has 2 heterocycles. The number of fused-ring (bicyclic) bond motifs is 3. The zero-order chi connectivity index (χ0) is 21.3. The van der Waals surface area contributed by atoms with Gasteiger partial charge in [0.15, 0.2) is 0 Å². The van der Waals surface area contributed by atoms with Crippen LogP contribution in [0.25, 0.3) is 10.2 Å². The van der Waals surface area contributed by atoms with Gasteiger partial charge in [-0.25, -0.2) is 10.4 Å². The third-order valence-corrected chi connectivity index (χ3v) is 6.68. The first-order chi connectivity index (χ1) is 14.5. The van der Waals surface area contributed by atoms with Crippen LogP contribution in [0.2, 0.25) is 0 Å². The van der Waals surface area contributed by atoms with Crippen molar-refractivity contribution in [1.29, 1.82) is 0 Å². The van der Waals surface area contributed by atoms with Gasteiger partial charge in [-0.1, -0.05) is 19.1 Å². The fourth-order valence-corrected chi connectivity index (χ4v) is 5.07. The number of nitrogens with zero attached hydrogens (tertiary/aromatic N) is 3. The lowest BCUT2D eigenvalue weighted by molar-refractivity contribution is -0.123. The van der Waals surface area contributed by atoms with Crippen molar-refractivity contribution in [1.82, 2.24) is 15.0 Å². The fourth-order valence-electron chi connectivity index (χ4n) is 3.73. The molecule has 0 spiro atoms. The van der Waals surface area contributed by atoms with E-state index in [-0.39, 0.29) is 11.5 Å². The molecule has 0 aliphatic heterocycles. The predicted octanol–water partition coefficient (Wildman–Crippen LogP) is 3.30. The molecule has 0 saturated heterocycles. The van der Waals surface area contributed by atoms with E-state index in [4.69, 9.17) is 4.74 Å². The summed E-state index contributed by atoms with van der Waals surface area (Å²) in [5.74, 6) is 0.952. The van der Waals surface area contributed by atoms with Crippen molar-refractivity contribution < 1.29 is 9.53 Å². The molecular formula is C22H24N4O3S. The summed E-state index contributed by atoms with van der Waals surface area (Å²) in [6.45, 7) is 3.91. The maximum absolute atomic E-state index is 13.2. The van der Waals surface area contributed by atoms with Gasteiger partial charge in [0, 0.05) is 4.88 Å². The summed E-state index contributed by atoms with van der Waals surface area (Å²) in [6.07, 6.45) is 5.95. The summed E-state index contributed by atoms with van der Waals surface area (Å²) < 4.78 is 6.56. The van der Waals surface area contributed by atoms with Crippen molar-refractivity contribution in [2.24, 2.45) is 11.0 Å². The number of aromatic nitrogens is 2. The number of methoxy groups -OCH3 is 1. The number of carbonyl (C=O) groups excluding carboxylic acids is 1. The Morgan fingerprint density at radius 3 is 3.10 bits per heavy atom. The molecule has 156 valence electrons. The lowest BCUT2D eigenvalue weighted by atomic mass is 9.89. The van der Waals surface area contributed by atoms with E-state index >= 15 is 0 Å². The van der Waals surface area contributed by atoms with Gasteiger partial charge < -0.3 is 4.74 Å². The van der Waals surface area contributed by atoms with E-state index in [9.17, 15) is 9.59 Å². The normalized spacial score (nSPS) is 17.1. The summed E-state index contributed by atoms with van der Waals surface area (Å²) in [5, 5.41) is 4.68. The van der Waals surface area contributed by atoms with Crippen LogP contribution in [0.4, 0.5) is 0 Å². The molecule has 30 heavy (non-hydrogen) atoms. The molecule has 2 unspecified atom stereocenters. The van der Waals surface area contributed by atoms with E-state index in [0.29, 0.717) is 17.1 Å². The molecule has 1 aromatic carbocycles. The number of amides is 1. The highest BCUT2D eigenvalue weighted by Crippen LogP contribution is 2.35. The number of benzene rings is 1. The largest absolute Gasteiger partial charge is 0.497 e. The molecule has 0 bridgehead atoms. The number of hydrogen-bond acceptors (Lipinski definition) is 6. The molecule has 1 aliphatic rings. The molecule has 0 saturated carbocycles. The number of rotatable bonds is 5. The van der Waals surface area contributed by atoms with Gasteiger partial charge in [-0.3, -0.25) is 14.2 Å². The zero-order valence-electron chi connectivity index (χ0n) is 17.2. The highest BCUT2D eigenvalue weighted by Gasteiger charge is 2.25. The van der Waals surface area contributed by atoms with Gasteiger partial charge in [0.2, 0.25) is 0 Å². The number of nitrogens with one attached hydrogen (secondary N) is 1. The van der Waals surface area contributed by atoms with Crippen LogP contribution in [-0.4, -0.2) is 28.8 Å². The minimum atomic E-state index is -0.727. The number of aryl methyl sites for hydroxylation is 1. The molecular weight excluding hydrogens is 400 g/mol. The Balaban J connectivity index is 1.54. The SMILES string of the molecule is COc1cccc(C=NNC(=O)C(C)n2cnc3sc4c(c3c2=O)CCC(C)C4)c1. The van der Waals surface area contributed by atoms with Crippen LogP contribution in [0.3, 0.4) is 0 Å². The maximum atomic E-state index is 13.2. The second-order valence-electron chi connectivity index (χ2n) is 7.68. The molecule has 1 amide bonds. The van der Waals surface area contributed by atoms with Gasteiger partial charge in [0.1, 0.15) is 16.6 Å². The van der Waals surface area contributed by atoms with E-state index in [0.717, 1.165) is 35.2 Å². The first-order valence-electron chi connectivity index (χ1n) is 9.96. The minimum Gasteiger partial charge on any atom is -0.497 e. The van der Waals surface area contributed by atoms with Crippen LogP contribution in [0.5, 0.6) is 5.75 Å². The third-order valence-electron chi connectivity index (χ3n) is 5.52. The lowest BCUT2D eigenvalue weighted by Crippen LogP contribution is -2.34. The molecule has 2 aromatic heterocycles. The van der Waals surface area contributed by atoms with E-state index in [2.05, 4.69) is 22.4 Å². The maximum Gasteiger partial charge on any atom is 0.263 e. The quantitative estimate of drug-likeness (QED) is 0.503. The standard InChI is InChI=1S/C22H24N4O3S/c1-13-7-8-17-18(9-13)30-21-19(17)22(28)26(12-23-21)14(2)20(27)25-24-11-15-5-4-6-16(10-15)29-3/h4-6,10-14H,7-9H2,1-3H3,(H,25,27). The summed E-state index contributed by atoms with van der Waals surface area (Å²) in [6, 6.07) is 6.60. The summed E-state index contributed by atoms with van der Waals surface area (Å²) in [5.41, 5.74) is 4.26. The number of hydrazone groups is 1. The van der Waals surface area contributed by atoms with Gasteiger partial charge in [-0.15, -0.1) is 11.3 Å². The van der Waals surface area contributed by atoms with Crippen molar-refractivity contribution in [3.63, 3.8) is 0 Å². The monoisotopic (exact) mass is 424 g/mol. The van der Waals surface area contributed by atoms with Crippen LogP contribution < -0.4 is 15.7 Å². The second-order valence-corrected chi connectivity index (χ2v) is 8.76. The van der Waals surface area contributed by atoms with Crippen LogP contribution >= 0.6 is 11.3 Å². The Morgan fingerprint density at radius 2 is 2.30 bits per heavy atom. The molecule has 3 aromatic rings. The van der Waals surface area contributed by atoms with Gasteiger partial charge in [0.25, 0.3) is 11.5 Å². The van der Waals surface area contributed by atoms with E-state index in [1.54, 1.807) is 25.4 Å². The predicted molar refractivity (Wildman–Crippen MR) is 119 cm³/mol. The highest BCUT2D eigenvalue weighted by atomic mass is 32.1. The van der Waals surface area contributed by atoms with Crippen molar-refractivity contribution >= 4 is 33.7 Å². The van der Waals surface area contributed by atoms with E-state index in [1.165, 1.54) is 22.0 Å². The molecule has 4 rings (SSSR count). The van der Waals surface area contributed by atoms with Gasteiger partial charge in [-0.2, -0.15) is 5.10 Å². The summed E-state index contributed by atoms with van der Waals surface area (Å²) in [4.78, 5) is 32.2. The molecule has 8 heteroatoms. The first-order valence-corrected chi connectivity index (χ1v) is 10.8. The molecule has 1 N–H and O–H groups in total. The molecule has 0 radical (unpaired) electrons. The number of hydrogen-bond donors (Lipinski definition) is 1. The smallest absolute Gasteiger partial charge is 0.263 e. The topological polar surface area (TPSA) is 85.6 Å². The van der Waals surface area contributed by atoms with Crippen molar-refractivity contribution in [2.45, 2.75) is 39.2 Å². The third kappa shape index (κ3) is 3.87. The zero-order valence-corrected chi connectivity index (χ0v) is 18.0. The number of thiophene rings is 1. The summed E-state index contributed by atoms with van der Waals surface area (Å²) >= 11 is 1.60. The van der Waals surface area contributed by atoms with Crippen molar-refractivity contribution in [2.75, 3.05) is 7.11 Å². The first kappa shape index (κ1) is 20.3. The Hall–Kier alpha value is -3.00.